The average Bonchev–Trinajstić information content (AvgIpc) is 2.45. The van der Waals surface area contributed by atoms with Crippen LogP contribution in [-0.4, -0.2) is 17.6 Å². The van der Waals surface area contributed by atoms with E-state index in [4.69, 9.17) is 11.6 Å². The van der Waals surface area contributed by atoms with Crippen molar-refractivity contribution in [3.05, 3.63) is 70.5 Å². The fourth-order valence-corrected chi connectivity index (χ4v) is 1.99. The van der Waals surface area contributed by atoms with Crippen LogP contribution < -0.4 is 5.32 Å². The summed E-state index contributed by atoms with van der Waals surface area (Å²) in [5.74, 6) is -1.29. The van der Waals surface area contributed by atoms with Crippen LogP contribution in [0.25, 0.3) is 0 Å². The van der Waals surface area contributed by atoms with E-state index in [1.807, 2.05) is 6.07 Å². The molecule has 0 aliphatic carbocycles. The molecule has 0 radical (unpaired) electrons. The Bertz CT molecular complexity index is 604. The van der Waals surface area contributed by atoms with Gasteiger partial charge in [0, 0.05) is 5.02 Å². The molecule has 0 saturated carbocycles. The van der Waals surface area contributed by atoms with Gasteiger partial charge in [-0.3, -0.25) is 4.79 Å². The number of hydrogen-bond acceptors (Lipinski definition) is 2. The van der Waals surface area contributed by atoms with Crippen molar-refractivity contribution in [1.29, 1.82) is 0 Å². The summed E-state index contributed by atoms with van der Waals surface area (Å²) in [5, 5.41) is 12.2. The number of hydrogen-bond donors (Lipinski definition) is 2. The molecule has 0 unspecified atom stereocenters. The number of aliphatic hydroxyl groups excluding tert-OH is 1. The number of nitrogens with one attached hydrogen (secondary N) is 1. The van der Waals surface area contributed by atoms with Gasteiger partial charge in [-0.25, -0.2) is 4.39 Å². The highest BCUT2D eigenvalue weighted by molar-refractivity contribution is 6.30. The molecule has 0 saturated heterocycles. The first-order valence-electron chi connectivity index (χ1n) is 6.03. The van der Waals surface area contributed by atoms with Gasteiger partial charge in [0.1, 0.15) is 5.82 Å². The molecular weight excluding hydrogens is 281 g/mol. The molecule has 2 aromatic rings. The Labute approximate surface area is 121 Å². The largest absolute Gasteiger partial charge is 0.394 e. The van der Waals surface area contributed by atoms with Crippen LogP contribution in [0.2, 0.25) is 5.02 Å². The minimum atomic E-state index is -0.695. The molecule has 2 rings (SSSR count). The second-order valence-electron chi connectivity index (χ2n) is 4.24. The van der Waals surface area contributed by atoms with Crippen molar-refractivity contribution >= 4 is 17.5 Å². The third kappa shape index (κ3) is 3.35. The van der Waals surface area contributed by atoms with E-state index in [1.54, 1.807) is 24.3 Å². The van der Waals surface area contributed by atoms with Crippen molar-refractivity contribution in [2.75, 3.05) is 6.61 Å². The van der Waals surface area contributed by atoms with E-state index in [0.29, 0.717) is 0 Å². The van der Waals surface area contributed by atoms with E-state index >= 15 is 0 Å². The number of carbonyl (C=O) groups is 1. The van der Waals surface area contributed by atoms with Crippen molar-refractivity contribution in [3.8, 4) is 0 Å². The first-order valence-corrected chi connectivity index (χ1v) is 6.41. The van der Waals surface area contributed by atoms with E-state index in [1.165, 1.54) is 12.1 Å². The molecule has 1 amide bonds. The van der Waals surface area contributed by atoms with Crippen molar-refractivity contribution in [2.24, 2.45) is 0 Å². The van der Waals surface area contributed by atoms with Crippen LogP contribution in [-0.2, 0) is 0 Å². The van der Waals surface area contributed by atoms with Crippen LogP contribution in [0.15, 0.2) is 48.5 Å². The maximum Gasteiger partial charge on any atom is 0.254 e. The standard InChI is InChI=1S/C15H13ClFNO2/c16-11-6-7-12(13(17)8-11)15(20)18-14(9-19)10-4-2-1-3-5-10/h1-8,14,19H,9H2,(H,18,20)/t14-/m0/s1. The lowest BCUT2D eigenvalue weighted by atomic mass is 10.1. The molecule has 0 aliphatic heterocycles. The predicted molar refractivity (Wildman–Crippen MR) is 75.1 cm³/mol. The Morgan fingerprint density at radius 1 is 1.25 bits per heavy atom. The van der Waals surface area contributed by atoms with Crippen LogP contribution in [0.4, 0.5) is 4.39 Å². The zero-order valence-corrected chi connectivity index (χ0v) is 11.3. The number of carbonyl (C=O) groups excluding carboxylic acids is 1. The van der Waals surface area contributed by atoms with Crippen LogP contribution in [0, 0.1) is 5.82 Å². The molecule has 104 valence electrons. The average molecular weight is 294 g/mol. The highest BCUT2D eigenvalue weighted by Crippen LogP contribution is 2.17. The van der Waals surface area contributed by atoms with Crippen LogP contribution >= 0.6 is 11.6 Å². The van der Waals surface area contributed by atoms with Gasteiger partial charge in [0.25, 0.3) is 5.91 Å². The summed E-state index contributed by atoms with van der Waals surface area (Å²) in [6.07, 6.45) is 0. The van der Waals surface area contributed by atoms with Gasteiger partial charge in [0.2, 0.25) is 0 Å². The summed E-state index contributed by atoms with van der Waals surface area (Å²) in [6, 6.07) is 12.2. The number of benzene rings is 2. The maximum atomic E-state index is 13.6. The Kier molecular flexibility index (Phi) is 4.71. The van der Waals surface area contributed by atoms with E-state index in [0.717, 1.165) is 11.6 Å². The Morgan fingerprint density at radius 2 is 1.95 bits per heavy atom. The van der Waals surface area contributed by atoms with Crippen LogP contribution in [0.5, 0.6) is 0 Å². The molecule has 1 atom stereocenters. The van der Waals surface area contributed by atoms with Crippen molar-refractivity contribution in [3.63, 3.8) is 0 Å². The molecule has 2 N–H and O–H groups in total. The van der Waals surface area contributed by atoms with Gasteiger partial charge >= 0.3 is 0 Å². The second kappa shape index (κ2) is 6.50. The quantitative estimate of drug-likeness (QED) is 0.910. The molecule has 0 spiro atoms. The number of rotatable bonds is 4. The number of aliphatic hydroxyl groups is 1. The monoisotopic (exact) mass is 293 g/mol. The summed E-state index contributed by atoms with van der Waals surface area (Å²) in [4.78, 5) is 12.0. The molecular formula is C15H13ClFNO2. The summed E-state index contributed by atoms with van der Waals surface area (Å²) in [5.41, 5.74) is 0.640. The van der Waals surface area contributed by atoms with Gasteiger partial charge in [-0.2, -0.15) is 0 Å². The van der Waals surface area contributed by atoms with Gasteiger partial charge in [-0.05, 0) is 23.8 Å². The van der Waals surface area contributed by atoms with Crippen molar-refractivity contribution in [1.82, 2.24) is 5.32 Å². The molecule has 20 heavy (non-hydrogen) atoms. The lowest BCUT2D eigenvalue weighted by Crippen LogP contribution is -2.31. The fourth-order valence-electron chi connectivity index (χ4n) is 1.83. The molecule has 5 heteroatoms. The molecule has 0 fully saturated rings. The van der Waals surface area contributed by atoms with Gasteiger partial charge in [-0.15, -0.1) is 0 Å². The molecule has 0 heterocycles. The highest BCUT2D eigenvalue weighted by atomic mass is 35.5. The van der Waals surface area contributed by atoms with E-state index in [2.05, 4.69) is 5.32 Å². The van der Waals surface area contributed by atoms with Crippen molar-refractivity contribution in [2.45, 2.75) is 6.04 Å². The van der Waals surface area contributed by atoms with Gasteiger partial charge in [0.05, 0.1) is 18.2 Å². The highest BCUT2D eigenvalue weighted by Gasteiger charge is 2.17. The summed E-state index contributed by atoms with van der Waals surface area (Å²) < 4.78 is 13.6. The maximum absolute atomic E-state index is 13.6. The number of amides is 1. The van der Waals surface area contributed by atoms with Gasteiger partial charge < -0.3 is 10.4 Å². The minimum absolute atomic E-state index is 0.108. The van der Waals surface area contributed by atoms with Gasteiger partial charge in [-0.1, -0.05) is 41.9 Å². The first-order chi connectivity index (χ1) is 9.61. The molecule has 0 aromatic heterocycles. The van der Waals surface area contributed by atoms with Gasteiger partial charge in [0.15, 0.2) is 0 Å². The Hall–Kier alpha value is -1.91. The van der Waals surface area contributed by atoms with E-state index < -0.39 is 17.8 Å². The van der Waals surface area contributed by atoms with E-state index in [-0.39, 0.29) is 17.2 Å². The SMILES string of the molecule is O=C(N[C@@H](CO)c1ccccc1)c1ccc(Cl)cc1F. The van der Waals surface area contributed by atoms with Crippen LogP contribution in [0.3, 0.4) is 0 Å². The third-order valence-corrected chi connectivity index (χ3v) is 3.10. The predicted octanol–water partition coefficient (Wildman–Crippen LogP) is 2.94. The molecule has 0 bridgehead atoms. The van der Waals surface area contributed by atoms with E-state index in [9.17, 15) is 14.3 Å². The van der Waals surface area contributed by atoms with Crippen molar-refractivity contribution < 1.29 is 14.3 Å². The lowest BCUT2D eigenvalue weighted by molar-refractivity contribution is 0.0912. The first kappa shape index (κ1) is 14.5. The molecule has 0 aliphatic rings. The van der Waals surface area contributed by atoms with Crippen LogP contribution in [0.1, 0.15) is 22.0 Å². The Morgan fingerprint density at radius 3 is 2.55 bits per heavy atom. The summed E-state index contributed by atoms with van der Waals surface area (Å²) in [6.45, 7) is -0.273. The zero-order valence-electron chi connectivity index (χ0n) is 10.5. The number of halogens is 2. The molecule has 3 nitrogen and oxygen atoms in total. The second-order valence-corrected chi connectivity index (χ2v) is 4.68. The zero-order chi connectivity index (χ0) is 14.5. The molecule has 2 aromatic carbocycles. The normalized spacial score (nSPS) is 11.9. The smallest absolute Gasteiger partial charge is 0.254 e. The topological polar surface area (TPSA) is 49.3 Å². The lowest BCUT2D eigenvalue weighted by Gasteiger charge is -2.17. The third-order valence-electron chi connectivity index (χ3n) is 2.87. The Balaban J connectivity index is 2.17. The fraction of sp³-hybridized carbons (Fsp3) is 0.133. The minimum Gasteiger partial charge on any atom is -0.394 e. The summed E-state index contributed by atoms with van der Waals surface area (Å²) >= 11 is 5.64. The summed E-state index contributed by atoms with van der Waals surface area (Å²) in [7, 11) is 0.